The van der Waals surface area contributed by atoms with E-state index in [9.17, 15) is 9.90 Å². The Morgan fingerprint density at radius 1 is 1.04 bits per heavy atom. The molecule has 2 aromatic heterocycles. The Morgan fingerprint density at radius 2 is 1.85 bits per heavy atom. The van der Waals surface area contributed by atoms with Crippen molar-refractivity contribution in [3.05, 3.63) is 76.4 Å². The molecule has 0 bridgehead atoms. The first-order valence-electron chi connectivity index (χ1n) is 7.67. The van der Waals surface area contributed by atoms with Crippen LogP contribution in [0.1, 0.15) is 10.4 Å². The Labute approximate surface area is 158 Å². The van der Waals surface area contributed by atoms with Crippen LogP contribution in [0.15, 0.2) is 60.8 Å². The lowest BCUT2D eigenvalue weighted by Crippen LogP contribution is -2.01. The van der Waals surface area contributed by atoms with Gasteiger partial charge in [-0.05, 0) is 36.4 Å². The van der Waals surface area contributed by atoms with Crippen LogP contribution in [0.4, 0.5) is 0 Å². The summed E-state index contributed by atoms with van der Waals surface area (Å²) in [4.78, 5) is 15.7. The molecular weight excluding hydrogens is 373 g/mol. The first kappa shape index (κ1) is 16.6. The molecule has 0 unspecified atom stereocenters. The van der Waals surface area contributed by atoms with Gasteiger partial charge in [0.25, 0.3) is 0 Å². The van der Waals surface area contributed by atoms with E-state index < -0.39 is 5.97 Å². The maximum Gasteiger partial charge on any atom is 0.335 e. The molecule has 0 atom stereocenters. The fraction of sp³-hybridized carbons (Fsp3) is 0. The van der Waals surface area contributed by atoms with Crippen molar-refractivity contribution < 1.29 is 9.90 Å². The van der Waals surface area contributed by atoms with Gasteiger partial charge in [-0.3, -0.25) is 0 Å². The molecule has 1 N–H and O–H groups in total. The molecule has 0 amide bonds. The van der Waals surface area contributed by atoms with Crippen LogP contribution in [-0.4, -0.2) is 25.8 Å². The molecule has 2 heterocycles. The molecule has 5 nitrogen and oxygen atoms in total. The molecule has 4 aromatic rings. The Bertz CT molecular complexity index is 1140. The maximum atomic E-state index is 11.4. The molecule has 0 fully saturated rings. The number of hydrogen-bond acceptors (Lipinski definition) is 3. The Balaban J connectivity index is 2.04. The Kier molecular flexibility index (Phi) is 4.11. The molecule has 0 radical (unpaired) electrons. The molecule has 0 aliphatic rings. The Hall–Kier alpha value is -2.89. The first-order chi connectivity index (χ1) is 12.5. The third-order valence-corrected chi connectivity index (χ3v) is 4.54. The van der Waals surface area contributed by atoms with Crippen molar-refractivity contribution in [3.63, 3.8) is 0 Å². The predicted octanol–water partition coefficient (Wildman–Crippen LogP) is 5.09. The predicted molar refractivity (Wildman–Crippen MR) is 101 cm³/mol. The number of pyridine rings is 1. The third-order valence-electron chi connectivity index (χ3n) is 3.99. The van der Waals surface area contributed by atoms with Gasteiger partial charge in [-0.2, -0.15) is 5.10 Å². The number of rotatable bonds is 3. The highest BCUT2D eigenvalue weighted by molar-refractivity contribution is 6.33. The molecule has 0 saturated carbocycles. The van der Waals surface area contributed by atoms with E-state index in [0.717, 1.165) is 10.9 Å². The summed E-state index contributed by atoms with van der Waals surface area (Å²) in [6, 6.07) is 15.6. The summed E-state index contributed by atoms with van der Waals surface area (Å²) in [6.45, 7) is 0. The van der Waals surface area contributed by atoms with E-state index in [1.165, 1.54) is 6.20 Å². The zero-order valence-corrected chi connectivity index (χ0v) is 14.7. The minimum absolute atomic E-state index is 0.165. The molecule has 0 aliphatic carbocycles. The average molecular weight is 384 g/mol. The largest absolute Gasteiger partial charge is 0.478 e. The summed E-state index contributed by atoms with van der Waals surface area (Å²) in [5.74, 6) is -0.483. The lowest BCUT2D eigenvalue weighted by atomic mass is 10.1. The number of aromatic nitrogens is 3. The van der Waals surface area contributed by atoms with Gasteiger partial charge in [-0.15, -0.1) is 0 Å². The quantitative estimate of drug-likeness (QED) is 0.534. The third kappa shape index (κ3) is 2.81. The summed E-state index contributed by atoms with van der Waals surface area (Å²) in [5.41, 5.74) is 2.20. The van der Waals surface area contributed by atoms with Crippen molar-refractivity contribution in [2.75, 3.05) is 0 Å². The normalized spacial score (nSPS) is 11.0. The second kappa shape index (κ2) is 6.44. The van der Waals surface area contributed by atoms with Gasteiger partial charge in [0.2, 0.25) is 0 Å². The van der Waals surface area contributed by atoms with Crippen molar-refractivity contribution in [1.82, 2.24) is 14.8 Å². The van der Waals surface area contributed by atoms with E-state index in [0.29, 0.717) is 27.1 Å². The van der Waals surface area contributed by atoms with Gasteiger partial charge >= 0.3 is 5.97 Å². The summed E-state index contributed by atoms with van der Waals surface area (Å²) in [7, 11) is 0. The van der Waals surface area contributed by atoms with Crippen LogP contribution in [-0.2, 0) is 0 Å². The van der Waals surface area contributed by atoms with E-state index in [-0.39, 0.29) is 5.56 Å². The van der Waals surface area contributed by atoms with E-state index in [2.05, 4.69) is 10.1 Å². The number of nitrogens with zero attached hydrogens (tertiary/aromatic N) is 3. The number of aromatic carboxylic acids is 1. The minimum atomic E-state index is -1.01. The number of carboxylic acids is 1. The standard InChI is InChI=1S/C19H11Cl2N3O2/c20-12-6-8-17(22-10-12)24-16-9-11(19(25)26)5-7-14(16)18(23-24)13-3-1-2-4-15(13)21/h1-10H,(H,25,26). The van der Waals surface area contributed by atoms with Gasteiger partial charge in [-0.25, -0.2) is 14.5 Å². The van der Waals surface area contributed by atoms with Gasteiger partial charge in [0.1, 0.15) is 5.69 Å². The van der Waals surface area contributed by atoms with Crippen LogP contribution < -0.4 is 0 Å². The highest BCUT2D eigenvalue weighted by Crippen LogP contribution is 2.34. The number of carboxylic acid groups (broad SMARTS) is 1. The fourth-order valence-corrected chi connectivity index (χ4v) is 3.11. The van der Waals surface area contributed by atoms with Crippen molar-refractivity contribution in [3.8, 4) is 17.1 Å². The zero-order valence-electron chi connectivity index (χ0n) is 13.2. The van der Waals surface area contributed by atoms with Crippen LogP contribution in [0.2, 0.25) is 10.0 Å². The van der Waals surface area contributed by atoms with Crippen molar-refractivity contribution in [2.45, 2.75) is 0 Å². The second-order valence-corrected chi connectivity index (χ2v) is 6.46. The number of benzene rings is 2. The lowest BCUT2D eigenvalue weighted by molar-refractivity contribution is 0.0697. The van der Waals surface area contributed by atoms with Crippen molar-refractivity contribution in [1.29, 1.82) is 0 Å². The van der Waals surface area contributed by atoms with E-state index in [1.807, 2.05) is 18.2 Å². The molecule has 26 heavy (non-hydrogen) atoms. The van der Waals surface area contributed by atoms with Gasteiger partial charge in [0, 0.05) is 17.1 Å². The minimum Gasteiger partial charge on any atom is -0.478 e. The molecule has 4 rings (SSSR count). The number of hydrogen-bond donors (Lipinski definition) is 1. The van der Waals surface area contributed by atoms with Crippen LogP contribution >= 0.6 is 23.2 Å². The zero-order chi connectivity index (χ0) is 18.3. The van der Waals surface area contributed by atoms with Crippen LogP contribution in [0.3, 0.4) is 0 Å². The van der Waals surface area contributed by atoms with Crippen LogP contribution in [0.5, 0.6) is 0 Å². The molecule has 2 aromatic carbocycles. The van der Waals surface area contributed by atoms with E-state index in [1.54, 1.807) is 41.1 Å². The summed E-state index contributed by atoms with van der Waals surface area (Å²) >= 11 is 12.3. The maximum absolute atomic E-state index is 11.4. The van der Waals surface area contributed by atoms with E-state index in [4.69, 9.17) is 23.2 Å². The van der Waals surface area contributed by atoms with Crippen molar-refractivity contribution in [2.24, 2.45) is 0 Å². The molecule has 7 heteroatoms. The van der Waals surface area contributed by atoms with Gasteiger partial charge in [0.05, 0.1) is 21.1 Å². The summed E-state index contributed by atoms with van der Waals surface area (Å²) < 4.78 is 1.59. The average Bonchev–Trinajstić information content (AvgIpc) is 3.01. The van der Waals surface area contributed by atoms with Gasteiger partial charge in [0.15, 0.2) is 5.82 Å². The SMILES string of the molecule is O=C(O)c1ccc2c(-c3ccccc3Cl)nn(-c3ccc(Cl)cn3)c2c1. The second-order valence-electron chi connectivity index (χ2n) is 5.61. The first-order valence-corrected chi connectivity index (χ1v) is 8.43. The van der Waals surface area contributed by atoms with Crippen molar-refractivity contribution >= 4 is 40.1 Å². The smallest absolute Gasteiger partial charge is 0.335 e. The van der Waals surface area contributed by atoms with Gasteiger partial charge < -0.3 is 5.11 Å². The van der Waals surface area contributed by atoms with Crippen LogP contribution in [0.25, 0.3) is 28.0 Å². The molecular formula is C19H11Cl2N3O2. The lowest BCUT2D eigenvalue weighted by Gasteiger charge is -2.03. The molecule has 0 saturated heterocycles. The number of halogens is 2. The molecule has 128 valence electrons. The highest BCUT2D eigenvalue weighted by Gasteiger charge is 2.18. The Morgan fingerprint density at radius 3 is 2.54 bits per heavy atom. The summed E-state index contributed by atoms with van der Waals surface area (Å²) in [6.07, 6.45) is 1.51. The number of fused-ring (bicyclic) bond motifs is 1. The fourth-order valence-electron chi connectivity index (χ4n) is 2.77. The molecule has 0 aliphatic heterocycles. The number of carbonyl (C=O) groups is 1. The van der Waals surface area contributed by atoms with E-state index >= 15 is 0 Å². The van der Waals surface area contributed by atoms with Crippen LogP contribution in [0, 0.1) is 0 Å². The van der Waals surface area contributed by atoms with Gasteiger partial charge in [-0.1, -0.05) is 41.4 Å². The highest BCUT2D eigenvalue weighted by atomic mass is 35.5. The molecule has 0 spiro atoms. The topological polar surface area (TPSA) is 68.0 Å². The monoisotopic (exact) mass is 383 g/mol. The summed E-state index contributed by atoms with van der Waals surface area (Å²) in [5, 5.41) is 15.8.